The van der Waals surface area contributed by atoms with Crippen molar-refractivity contribution in [1.29, 1.82) is 0 Å². The zero-order valence-corrected chi connectivity index (χ0v) is 11.0. The van der Waals surface area contributed by atoms with Crippen LogP contribution in [-0.2, 0) is 5.41 Å². The molecule has 0 aliphatic heterocycles. The number of benzene rings is 1. The average Bonchev–Trinajstić information content (AvgIpc) is 3.13. The number of hydrogen-bond donors (Lipinski definition) is 1. The second kappa shape index (κ2) is 4.93. The summed E-state index contributed by atoms with van der Waals surface area (Å²) in [6.45, 7) is 1.63. The van der Waals surface area contributed by atoms with Gasteiger partial charge in [-0.1, -0.05) is 31.0 Å². The maximum absolute atomic E-state index is 6.08. The summed E-state index contributed by atoms with van der Waals surface area (Å²) in [6, 6.07) is 8.54. The Morgan fingerprint density at radius 1 is 1.17 bits per heavy atom. The Morgan fingerprint density at radius 3 is 2.56 bits per heavy atom. The molecule has 0 unspecified atom stereocenters. The number of nitrogens with two attached hydrogens (primary N) is 1. The van der Waals surface area contributed by atoms with Crippen LogP contribution in [0.1, 0.15) is 44.1 Å². The van der Waals surface area contributed by atoms with E-state index in [0.29, 0.717) is 0 Å². The molecule has 0 spiro atoms. The third-order valence-electron chi connectivity index (χ3n) is 4.58. The van der Waals surface area contributed by atoms with E-state index in [4.69, 9.17) is 10.5 Å². The average molecular weight is 245 g/mol. The summed E-state index contributed by atoms with van der Waals surface area (Å²) in [7, 11) is 0. The molecule has 1 aromatic rings. The normalized spacial score (nSPS) is 22.1. The van der Waals surface area contributed by atoms with Crippen LogP contribution < -0.4 is 10.5 Å². The highest BCUT2D eigenvalue weighted by atomic mass is 16.5. The van der Waals surface area contributed by atoms with Crippen molar-refractivity contribution in [2.24, 2.45) is 11.7 Å². The van der Waals surface area contributed by atoms with E-state index in [-0.39, 0.29) is 5.41 Å². The third-order valence-corrected chi connectivity index (χ3v) is 4.58. The van der Waals surface area contributed by atoms with Crippen LogP contribution in [0, 0.1) is 5.92 Å². The molecule has 18 heavy (non-hydrogen) atoms. The zero-order valence-electron chi connectivity index (χ0n) is 11.0. The van der Waals surface area contributed by atoms with Crippen LogP contribution in [-0.4, -0.2) is 13.2 Å². The van der Waals surface area contributed by atoms with E-state index >= 15 is 0 Å². The molecule has 0 bridgehead atoms. The summed E-state index contributed by atoms with van der Waals surface area (Å²) in [5, 5.41) is 0. The first-order chi connectivity index (χ1) is 8.84. The molecule has 98 valence electrons. The SMILES string of the molecule is NCC1(c2ccccc2OCC2CC2)CCCC1. The number of ether oxygens (including phenoxy) is 1. The predicted molar refractivity (Wildman–Crippen MR) is 73.9 cm³/mol. The van der Waals surface area contributed by atoms with Crippen LogP contribution >= 0.6 is 0 Å². The van der Waals surface area contributed by atoms with Crippen molar-refractivity contribution in [1.82, 2.24) is 0 Å². The Hall–Kier alpha value is -1.02. The molecule has 2 heteroatoms. The molecule has 2 saturated carbocycles. The Bertz CT molecular complexity index is 405. The largest absolute Gasteiger partial charge is 0.493 e. The van der Waals surface area contributed by atoms with Gasteiger partial charge in [0.25, 0.3) is 0 Å². The quantitative estimate of drug-likeness (QED) is 0.864. The van der Waals surface area contributed by atoms with Crippen LogP contribution in [0.3, 0.4) is 0 Å². The van der Waals surface area contributed by atoms with Gasteiger partial charge in [-0.15, -0.1) is 0 Å². The van der Waals surface area contributed by atoms with Gasteiger partial charge in [-0.3, -0.25) is 0 Å². The lowest BCUT2D eigenvalue weighted by molar-refractivity contribution is 0.287. The van der Waals surface area contributed by atoms with E-state index in [1.54, 1.807) is 0 Å². The minimum atomic E-state index is 0.181. The number of rotatable bonds is 5. The second-order valence-electron chi connectivity index (χ2n) is 5.94. The molecule has 1 aromatic carbocycles. The molecule has 0 aromatic heterocycles. The smallest absolute Gasteiger partial charge is 0.123 e. The fourth-order valence-electron chi connectivity index (χ4n) is 3.16. The Kier molecular flexibility index (Phi) is 3.29. The van der Waals surface area contributed by atoms with Crippen molar-refractivity contribution in [3.05, 3.63) is 29.8 Å². The molecule has 2 aliphatic carbocycles. The van der Waals surface area contributed by atoms with Gasteiger partial charge < -0.3 is 10.5 Å². The minimum absolute atomic E-state index is 0.181. The van der Waals surface area contributed by atoms with Gasteiger partial charge >= 0.3 is 0 Å². The Morgan fingerprint density at radius 2 is 1.89 bits per heavy atom. The number of hydrogen-bond acceptors (Lipinski definition) is 2. The fourth-order valence-corrected chi connectivity index (χ4v) is 3.16. The maximum Gasteiger partial charge on any atom is 0.123 e. The summed E-state index contributed by atoms with van der Waals surface area (Å²) in [5.41, 5.74) is 7.62. The maximum atomic E-state index is 6.08. The van der Waals surface area contributed by atoms with Gasteiger partial charge in [0.15, 0.2) is 0 Å². The molecule has 2 fully saturated rings. The van der Waals surface area contributed by atoms with Crippen molar-refractivity contribution < 1.29 is 4.74 Å². The third kappa shape index (κ3) is 2.26. The summed E-state index contributed by atoms with van der Waals surface area (Å²) in [6.07, 6.45) is 7.71. The molecule has 2 N–H and O–H groups in total. The highest BCUT2D eigenvalue weighted by molar-refractivity contribution is 5.40. The molecule has 2 aliphatic rings. The van der Waals surface area contributed by atoms with Crippen LogP contribution in [0.5, 0.6) is 5.75 Å². The van der Waals surface area contributed by atoms with E-state index in [1.807, 2.05) is 0 Å². The monoisotopic (exact) mass is 245 g/mol. The molecule has 3 rings (SSSR count). The highest BCUT2D eigenvalue weighted by Gasteiger charge is 2.36. The molecular formula is C16H23NO. The first-order valence-corrected chi connectivity index (χ1v) is 7.26. The summed E-state index contributed by atoms with van der Waals surface area (Å²) >= 11 is 0. The molecule has 2 nitrogen and oxygen atoms in total. The van der Waals surface area contributed by atoms with Gasteiger partial charge in [-0.2, -0.15) is 0 Å². The highest BCUT2D eigenvalue weighted by Crippen LogP contribution is 2.44. The molecule has 0 heterocycles. The molecule has 0 radical (unpaired) electrons. The zero-order chi connectivity index (χ0) is 12.4. The van der Waals surface area contributed by atoms with E-state index in [0.717, 1.165) is 24.8 Å². The lowest BCUT2D eigenvalue weighted by Gasteiger charge is -2.29. The van der Waals surface area contributed by atoms with Crippen molar-refractivity contribution in [3.8, 4) is 5.75 Å². The van der Waals surface area contributed by atoms with Crippen LogP contribution in [0.25, 0.3) is 0 Å². The van der Waals surface area contributed by atoms with E-state index in [9.17, 15) is 0 Å². The summed E-state index contributed by atoms with van der Waals surface area (Å²) < 4.78 is 6.04. The molecule has 0 saturated heterocycles. The van der Waals surface area contributed by atoms with Gasteiger partial charge in [-0.25, -0.2) is 0 Å². The van der Waals surface area contributed by atoms with Crippen molar-refractivity contribution in [2.75, 3.05) is 13.2 Å². The fraction of sp³-hybridized carbons (Fsp3) is 0.625. The lowest BCUT2D eigenvalue weighted by Crippen LogP contribution is -2.32. The molecule has 0 atom stereocenters. The molecular weight excluding hydrogens is 222 g/mol. The van der Waals surface area contributed by atoms with Crippen molar-refractivity contribution in [2.45, 2.75) is 43.9 Å². The lowest BCUT2D eigenvalue weighted by atomic mass is 9.78. The number of para-hydroxylation sites is 1. The van der Waals surface area contributed by atoms with Crippen LogP contribution in [0.4, 0.5) is 0 Å². The minimum Gasteiger partial charge on any atom is -0.493 e. The first-order valence-electron chi connectivity index (χ1n) is 7.26. The van der Waals surface area contributed by atoms with Gasteiger partial charge in [0.2, 0.25) is 0 Å². The van der Waals surface area contributed by atoms with Crippen molar-refractivity contribution in [3.63, 3.8) is 0 Å². The predicted octanol–water partition coefficient (Wildman–Crippen LogP) is 3.25. The van der Waals surface area contributed by atoms with E-state index in [2.05, 4.69) is 24.3 Å². The van der Waals surface area contributed by atoms with Gasteiger partial charge in [0, 0.05) is 17.5 Å². The van der Waals surface area contributed by atoms with Gasteiger partial charge in [-0.05, 0) is 37.7 Å². The summed E-state index contributed by atoms with van der Waals surface area (Å²) in [4.78, 5) is 0. The topological polar surface area (TPSA) is 35.2 Å². The standard InChI is InChI=1S/C16H23NO/c17-12-16(9-3-4-10-16)14-5-1-2-6-15(14)18-11-13-7-8-13/h1-2,5-6,13H,3-4,7-12,17H2. The summed E-state index contributed by atoms with van der Waals surface area (Å²) in [5.74, 6) is 1.88. The Balaban J connectivity index is 1.84. The van der Waals surface area contributed by atoms with Gasteiger partial charge in [0.05, 0.1) is 6.61 Å². The van der Waals surface area contributed by atoms with E-state index in [1.165, 1.54) is 44.1 Å². The van der Waals surface area contributed by atoms with Crippen LogP contribution in [0.15, 0.2) is 24.3 Å². The second-order valence-corrected chi connectivity index (χ2v) is 5.94. The van der Waals surface area contributed by atoms with Crippen molar-refractivity contribution >= 4 is 0 Å². The first kappa shape index (κ1) is 12.0. The van der Waals surface area contributed by atoms with Crippen LogP contribution in [0.2, 0.25) is 0 Å². The molecule has 0 amide bonds. The van der Waals surface area contributed by atoms with Gasteiger partial charge in [0.1, 0.15) is 5.75 Å². The van der Waals surface area contributed by atoms with E-state index < -0.39 is 0 Å². The Labute approximate surface area is 110 Å².